The minimum absolute atomic E-state index is 0.117. The van der Waals surface area contributed by atoms with E-state index in [1.54, 1.807) is 34.8 Å². The van der Waals surface area contributed by atoms with Crippen LogP contribution in [0, 0.1) is 0 Å². The molecule has 6 nitrogen and oxygen atoms in total. The predicted molar refractivity (Wildman–Crippen MR) is 121 cm³/mol. The Hall–Kier alpha value is -2.74. The van der Waals surface area contributed by atoms with E-state index >= 15 is 0 Å². The van der Waals surface area contributed by atoms with Crippen molar-refractivity contribution in [1.82, 2.24) is 18.8 Å². The van der Waals surface area contributed by atoms with Crippen LogP contribution in [0.4, 0.5) is 0 Å². The third kappa shape index (κ3) is 3.73. The SMILES string of the molecule is O=S(=O)(c1ccc(Cl)cc1)N1CCC(n2c(-c3ccccc3)nc3cccnc32)CC1. The molecular weight excluding hydrogens is 432 g/mol. The number of pyridine rings is 1. The first-order valence-electron chi connectivity index (χ1n) is 10.2. The van der Waals surface area contributed by atoms with Gasteiger partial charge in [0.15, 0.2) is 5.65 Å². The van der Waals surface area contributed by atoms with E-state index in [4.69, 9.17) is 16.6 Å². The third-order valence-corrected chi connectivity index (χ3v) is 7.89. The van der Waals surface area contributed by atoms with Gasteiger partial charge in [0.05, 0.1) is 4.90 Å². The van der Waals surface area contributed by atoms with Gasteiger partial charge in [-0.3, -0.25) is 0 Å². The van der Waals surface area contributed by atoms with Crippen molar-refractivity contribution < 1.29 is 8.42 Å². The molecule has 1 fully saturated rings. The molecule has 2 aromatic heterocycles. The fourth-order valence-electron chi connectivity index (χ4n) is 4.16. The molecule has 8 heteroatoms. The predicted octanol–water partition coefficient (Wildman–Crippen LogP) is 4.78. The summed E-state index contributed by atoms with van der Waals surface area (Å²) in [6.07, 6.45) is 3.15. The van der Waals surface area contributed by atoms with Crippen molar-refractivity contribution in [3.8, 4) is 11.4 Å². The number of piperidine rings is 1. The first-order valence-corrected chi connectivity index (χ1v) is 12.0. The molecule has 0 amide bonds. The molecule has 0 atom stereocenters. The van der Waals surface area contributed by atoms with Crippen LogP contribution >= 0.6 is 11.6 Å². The molecule has 2 aromatic carbocycles. The topological polar surface area (TPSA) is 68.1 Å². The normalized spacial score (nSPS) is 16.0. The molecule has 158 valence electrons. The Balaban J connectivity index is 1.45. The molecule has 0 aliphatic carbocycles. The van der Waals surface area contributed by atoms with E-state index in [1.165, 1.54) is 0 Å². The van der Waals surface area contributed by atoms with Crippen molar-refractivity contribution >= 4 is 32.8 Å². The molecule has 4 aromatic rings. The van der Waals surface area contributed by atoms with Gasteiger partial charge in [-0.25, -0.2) is 18.4 Å². The zero-order valence-corrected chi connectivity index (χ0v) is 18.3. The van der Waals surface area contributed by atoms with Crippen LogP contribution in [0.15, 0.2) is 77.8 Å². The van der Waals surface area contributed by atoms with Gasteiger partial charge in [-0.1, -0.05) is 41.9 Å². The van der Waals surface area contributed by atoms with Crippen molar-refractivity contribution in [1.29, 1.82) is 0 Å². The van der Waals surface area contributed by atoms with Crippen LogP contribution in [0.3, 0.4) is 0 Å². The third-order valence-electron chi connectivity index (χ3n) is 5.72. The van der Waals surface area contributed by atoms with Crippen molar-refractivity contribution in [2.24, 2.45) is 0 Å². The molecule has 1 saturated heterocycles. The minimum atomic E-state index is -3.54. The van der Waals surface area contributed by atoms with E-state index in [2.05, 4.69) is 9.55 Å². The van der Waals surface area contributed by atoms with E-state index in [0.717, 1.165) is 22.6 Å². The number of aromatic nitrogens is 3. The van der Waals surface area contributed by atoms with Gasteiger partial charge in [-0.05, 0) is 49.2 Å². The fourth-order valence-corrected chi connectivity index (χ4v) is 5.76. The number of halogens is 1. The van der Waals surface area contributed by atoms with Gasteiger partial charge in [0.2, 0.25) is 10.0 Å². The van der Waals surface area contributed by atoms with Gasteiger partial charge in [-0.15, -0.1) is 0 Å². The van der Waals surface area contributed by atoms with Crippen LogP contribution in [-0.4, -0.2) is 40.3 Å². The maximum Gasteiger partial charge on any atom is 0.243 e. The second-order valence-corrected chi connectivity index (χ2v) is 9.98. The maximum atomic E-state index is 13.0. The summed E-state index contributed by atoms with van der Waals surface area (Å²) in [4.78, 5) is 9.69. The number of hydrogen-bond donors (Lipinski definition) is 0. The van der Waals surface area contributed by atoms with Crippen molar-refractivity contribution in [2.75, 3.05) is 13.1 Å². The molecule has 5 rings (SSSR count). The summed E-state index contributed by atoms with van der Waals surface area (Å²) in [5, 5.41) is 0.519. The van der Waals surface area contributed by atoms with Gasteiger partial charge < -0.3 is 4.57 Å². The Morgan fingerprint density at radius 2 is 1.61 bits per heavy atom. The van der Waals surface area contributed by atoms with Gasteiger partial charge in [0, 0.05) is 35.9 Å². The summed E-state index contributed by atoms with van der Waals surface area (Å²) in [5.74, 6) is 0.869. The lowest BCUT2D eigenvalue weighted by Crippen LogP contribution is -2.39. The zero-order chi connectivity index (χ0) is 21.4. The molecule has 31 heavy (non-hydrogen) atoms. The molecule has 1 aliphatic rings. The van der Waals surface area contributed by atoms with E-state index < -0.39 is 10.0 Å². The van der Waals surface area contributed by atoms with Crippen LogP contribution in [-0.2, 0) is 10.0 Å². The van der Waals surface area contributed by atoms with E-state index in [0.29, 0.717) is 31.0 Å². The highest BCUT2D eigenvalue weighted by atomic mass is 35.5. The number of fused-ring (bicyclic) bond motifs is 1. The first kappa shape index (κ1) is 20.2. The number of rotatable bonds is 4. The van der Waals surface area contributed by atoms with Crippen LogP contribution < -0.4 is 0 Å². The Bertz CT molecular complexity index is 1310. The molecule has 0 N–H and O–H groups in total. The Kier molecular flexibility index (Phi) is 5.25. The van der Waals surface area contributed by atoms with Gasteiger partial charge >= 0.3 is 0 Å². The smallest absolute Gasteiger partial charge is 0.243 e. The molecule has 1 aliphatic heterocycles. The quantitative estimate of drug-likeness (QED) is 0.447. The number of sulfonamides is 1. The van der Waals surface area contributed by atoms with Crippen LogP contribution in [0.2, 0.25) is 5.02 Å². The summed E-state index contributed by atoms with van der Waals surface area (Å²) in [5.41, 5.74) is 2.70. The van der Waals surface area contributed by atoms with Crippen LogP contribution in [0.25, 0.3) is 22.6 Å². The van der Waals surface area contributed by atoms with E-state index in [-0.39, 0.29) is 10.9 Å². The Labute approximate surface area is 186 Å². The van der Waals surface area contributed by atoms with Crippen LogP contribution in [0.1, 0.15) is 18.9 Å². The standard InChI is InChI=1S/C23H21ClN4O2S/c24-18-8-10-20(11-9-18)31(29,30)27-15-12-19(13-16-27)28-22(17-5-2-1-3-6-17)26-21-7-4-14-25-23(21)28/h1-11,14,19H,12-13,15-16H2. The average Bonchev–Trinajstić information content (AvgIpc) is 3.20. The average molecular weight is 453 g/mol. The molecule has 3 heterocycles. The summed E-state index contributed by atoms with van der Waals surface area (Å²) in [6, 6.07) is 20.3. The second-order valence-electron chi connectivity index (χ2n) is 7.61. The van der Waals surface area contributed by atoms with Crippen LogP contribution in [0.5, 0.6) is 0 Å². The number of nitrogens with zero attached hydrogens (tertiary/aromatic N) is 4. The lowest BCUT2D eigenvalue weighted by Gasteiger charge is -2.32. The summed E-state index contributed by atoms with van der Waals surface area (Å²) in [6.45, 7) is 0.882. The molecule has 0 radical (unpaired) electrons. The highest BCUT2D eigenvalue weighted by Gasteiger charge is 2.32. The molecule has 0 saturated carbocycles. The lowest BCUT2D eigenvalue weighted by atomic mass is 10.1. The minimum Gasteiger partial charge on any atom is -0.305 e. The molecular formula is C23H21ClN4O2S. The van der Waals surface area contributed by atoms with E-state index in [1.807, 2.05) is 42.5 Å². The summed E-state index contributed by atoms with van der Waals surface area (Å²) >= 11 is 5.91. The van der Waals surface area contributed by atoms with Gasteiger partial charge in [0.1, 0.15) is 11.3 Å². The summed E-state index contributed by atoms with van der Waals surface area (Å²) in [7, 11) is -3.54. The van der Waals surface area contributed by atoms with Crippen molar-refractivity contribution in [2.45, 2.75) is 23.8 Å². The fraction of sp³-hybridized carbons (Fsp3) is 0.217. The maximum absolute atomic E-state index is 13.0. The number of benzene rings is 2. The number of hydrogen-bond acceptors (Lipinski definition) is 4. The van der Waals surface area contributed by atoms with Gasteiger partial charge in [-0.2, -0.15) is 4.31 Å². The van der Waals surface area contributed by atoms with Crippen molar-refractivity contribution in [3.63, 3.8) is 0 Å². The molecule has 0 bridgehead atoms. The molecule has 0 spiro atoms. The monoisotopic (exact) mass is 452 g/mol. The highest BCUT2D eigenvalue weighted by molar-refractivity contribution is 7.89. The second kappa shape index (κ2) is 8.07. The Morgan fingerprint density at radius 1 is 0.903 bits per heavy atom. The summed E-state index contributed by atoms with van der Waals surface area (Å²) < 4.78 is 29.8. The zero-order valence-electron chi connectivity index (χ0n) is 16.7. The number of imidazole rings is 1. The van der Waals surface area contributed by atoms with Gasteiger partial charge in [0.25, 0.3) is 0 Å². The largest absolute Gasteiger partial charge is 0.305 e. The Morgan fingerprint density at radius 3 is 2.32 bits per heavy atom. The molecule has 0 unspecified atom stereocenters. The highest BCUT2D eigenvalue weighted by Crippen LogP contribution is 2.34. The van der Waals surface area contributed by atoms with Crippen molar-refractivity contribution in [3.05, 3.63) is 77.9 Å². The lowest BCUT2D eigenvalue weighted by molar-refractivity contribution is 0.278. The van der Waals surface area contributed by atoms with E-state index in [9.17, 15) is 8.42 Å². The first-order chi connectivity index (χ1) is 15.0.